The molecule has 0 fully saturated rings. The number of nitro benzene ring substituents is 1. The van der Waals surface area contributed by atoms with E-state index in [1.807, 2.05) is 30.4 Å². The smallest absolute Gasteiger partial charge is 0.338 e. The van der Waals surface area contributed by atoms with Crippen LogP contribution in [0.1, 0.15) is 61.0 Å². The Hall–Kier alpha value is -5.12. The SMILES string of the molecule is C=CC(=O)OCCCCCCOc1ccc(C(=O)OCCN2c3ccccc3C(C)(C)C23C=Cc2cc([N+](=O)[O-])ccc2O3)cc1. The molecule has 10 nitrogen and oxygen atoms in total. The maximum Gasteiger partial charge on any atom is 0.338 e. The summed E-state index contributed by atoms with van der Waals surface area (Å²) in [5.41, 5.74) is 1.66. The van der Waals surface area contributed by atoms with Crippen molar-refractivity contribution in [3.8, 4) is 11.5 Å². The molecule has 240 valence electrons. The third-order valence-corrected chi connectivity index (χ3v) is 8.48. The molecule has 2 aliphatic heterocycles. The fourth-order valence-corrected chi connectivity index (χ4v) is 5.97. The molecule has 0 aromatic heterocycles. The van der Waals surface area contributed by atoms with Crippen molar-refractivity contribution in [2.75, 3.05) is 31.3 Å². The van der Waals surface area contributed by atoms with Crippen LogP contribution in [0.4, 0.5) is 11.4 Å². The van der Waals surface area contributed by atoms with Crippen molar-refractivity contribution in [2.24, 2.45) is 0 Å². The normalized spacial score (nSPS) is 17.0. The van der Waals surface area contributed by atoms with Gasteiger partial charge in [-0.1, -0.05) is 24.8 Å². The molecule has 0 saturated heterocycles. The van der Waals surface area contributed by atoms with Gasteiger partial charge in [-0.3, -0.25) is 10.1 Å². The van der Waals surface area contributed by atoms with Crippen LogP contribution in [0.5, 0.6) is 11.5 Å². The van der Waals surface area contributed by atoms with Gasteiger partial charge in [0, 0.05) is 29.5 Å². The predicted molar refractivity (Wildman–Crippen MR) is 174 cm³/mol. The number of carbonyl (C=O) groups excluding carboxylic acids is 2. The van der Waals surface area contributed by atoms with Gasteiger partial charge >= 0.3 is 11.9 Å². The second-order valence-electron chi connectivity index (χ2n) is 11.7. The molecule has 1 atom stereocenters. The summed E-state index contributed by atoms with van der Waals surface area (Å²) >= 11 is 0. The zero-order valence-electron chi connectivity index (χ0n) is 26.1. The van der Waals surface area contributed by atoms with E-state index in [2.05, 4.69) is 31.4 Å². The van der Waals surface area contributed by atoms with Crippen LogP contribution in [0.3, 0.4) is 0 Å². The Morgan fingerprint density at radius 1 is 0.957 bits per heavy atom. The van der Waals surface area contributed by atoms with Crippen LogP contribution >= 0.6 is 0 Å². The fourth-order valence-electron chi connectivity index (χ4n) is 5.97. The second kappa shape index (κ2) is 13.9. The van der Waals surface area contributed by atoms with E-state index in [1.54, 1.807) is 30.3 Å². The highest BCUT2D eigenvalue weighted by atomic mass is 16.6. The van der Waals surface area contributed by atoms with Crippen LogP contribution in [-0.4, -0.2) is 49.0 Å². The van der Waals surface area contributed by atoms with Gasteiger partial charge in [0.25, 0.3) is 5.69 Å². The maximum absolute atomic E-state index is 12.9. The number of para-hydroxylation sites is 1. The van der Waals surface area contributed by atoms with Crippen LogP contribution in [0.15, 0.2) is 85.5 Å². The van der Waals surface area contributed by atoms with E-state index in [0.29, 0.717) is 42.4 Å². The number of benzene rings is 3. The molecule has 1 unspecified atom stereocenters. The number of anilines is 1. The maximum atomic E-state index is 12.9. The molecule has 2 aliphatic rings. The second-order valence-corrected chi connectivity index (χ2v) is 11.7. The average molecular weight is 627 g/mol. The van der Waals surface area contributed by atoms with Crippen molar-refractivity contribution >= 4 is 29.4 Å². The molecule has 5 rings (SSSR count). The van der Waals surface area contributed by atoms with E-state index >= 15 is 0 Å². The summed E-state index contributed by atoms with van der Waals surface area (Å²) in [7, 11) is 0. The van der Waals surface area contributed by atoms with Crippen LogP contribution in [0.25, 0.3) is 6.08 Å². The van der Waals surface area contributed by atoms with E-state index in [-0.39, 0.29) is 12.3 Å². The number of rotatable bonds is 14. The standard InChI is InChI=1S/C36H38N2O8/c1-4-33(39)44-23-10-6-5-9-22-43-29-16-13-26(14-17-29)34(40)45-24-21-37-31-12-8-7-11-30(31)35(2,3)36(37)20-19-27-25-28(38(41)42)15-18-32(27)46-36/h4,7-8,11-20,25H,1,5-6,9-10,21-24H2,2-3H3. The Balaban J connectivity index is 1.17. The van der Waals surface area contributed by atoms with Gasteiger partial charge in [0.05, 0.1) is 35.7 Å². The zero-order chi connectivity index (χ0) is 32.7. The third kappa shape index (κ3) is 6.61. The quantitative estimate of drug-likeness (QED) is 0.0612. The Morgan fingerprint density at radius 3 is 2.43 bits per heavy atom. The van der Waals surface area contributed by atoms with Gasteiger partial charge in [-0.05, 0) is 93.6 Å². The monoisotopic (exact) mass is 626 g/mol. The molecular formula is C36H38N2O8. The highest BCUT2D eigenvalue weighted by Gasteiger charge is 2.58. The topological polar surface area (TPSA) is 117 Å². The Bertz CT molecular complexity index is 1630. The number of nitro groups is 1. The summed E-state index contributed by atoms with van der Waals surface area (Å²) in [4.78, 5) is 37.0. The highest BCUT2D eigenvalue weighted by molar-refractivity contribution is 5.89. The van der Waals surface area contributed by atoms with Crippen molar-refractivity contribution in [1.82, 2.24) is 0 Å². The first-order valence-electron chi connectivity index (χ1n) is 15.4. The zero-order valence-corrected chi connectivity index (χ0v) is 26.1. The first-order valence-corrected chi connectivity index (χ1v) is 15.4. The van der Waals surface area contributed by atoms with Gasteiger partial charge in [0.1, 0.15) is 18.1 Å². The number of hydrogen-bond acceptors (Lipinski definition) is 9. The molecule has 46 heavy (non-hydrogen) atoms. The molecule has 0 bridgehead atoms. The number of nitrogens with zero attached hydrogens (tertiary/aromatic N) is 2. The highest BCUT2D eigenvalue weighted by Crippen LogP contribution is 2.54. The molecule has 0 radical (unpaired) electrons. The van der Waals surface area contributed by atoms with Gasteiger partial charge in [-0.2, -0.15) is 0 Å². The summed E-state index contributed by atoms with van der Waals surface area (Å²) in [6.07, 6.45) is 8.51. The van der Waals surface area contributed by atoms with Gasteiger partial charge in [0.2, 0.25) is 5.72 Å². The van der Waals surface area contributed by atoms with Crippen molar-refractivity contribution < 1.29 is 33.5 Å². The van der Waals surface area contributed by atoms with E-state index in [9.17, 15) is 19.7 Å². The average Bonchev–Trinajstić information content (AvgIpc) is 3.24. The van der Waals surface area contributed by atoms with Crippen molar-refractivity contribution in [3.63, 3.8) is 0 Å². The molecule has 0 saturated carbocycles. The fraction of sp³-hybridized carbons (Fsp3) is 0.333. The summed E-state index contributed by atoms with van der Waals surface area (Å²) in [6, 6.07) is 19.5. The Morgan fingerprint density at radius 2 is 1.70 bits per heavy atom. The minimum absolute atomic E-state index is 0.00212. The molecule has 3 aromatic rings. The van der Waals surface area contributed by atoms with E-state index in [1.165, 1.54) is 12.1 Å². The number of esters is 2. The van der Waals surface area contributed by atoms with Gasteiger partial charge < -0.3 is 23.8 Å². The summed E-state index contributed by atoms with van der Waals surface area (Å²) < 4.78 is 23.2. The number of ether oxygens (including phenoxy) is 4. The van der Waals surface area contributed by atoms with Gasteiger partial charge in [-0.25, -0.2) is 9.59 Å². The number of hydrogen-bond donors (Lipinski definition) is 0. The third-order valence-electron chi connectivity index (χ3n) is 8.48. The van der Waals surface area contributed by atoms with Crippen molar-refractivity contribution in [3.05, 3.63) is 112 Å². The molecule has 0 aliphatic carbocycles. The Kier molecular flexibility index (Phi) is 9.75. The first kappa shape index (κ1) is 32.3. The number of unbranched alkanes of at least 4 members (excludes halogenated alkanes) is 3. The van der Waals surface area contributed by atoms with Crippen LogP contribution < -0.4 is 14.4 Å². The number of non-ortho nitro benzene ring substituents is 1. The van der Waals surface area contributed by atoms with E-state index < -0.39 is 28.0 Å². The summed E-state index contributed by atoms with van der Waals surface area (Å²) in [5.74, 6) is 0.370. The minimum atomic E-state index is -0.941. The lowest BCUT2D eigenvalue weighted by atomic mass is 9.76. The molecule has 1 spiro atoms. The number of fused-ring (bicyclic) bond motifs is 2. The lowest BCUT2D eigenvalue weighted by molar-refractivity contribution is -0.384. The summed E-state index contributed by atoms with van der Waals surface area (Å²) in [6.45, 7) is 8.98. The molecule has 3 aromatic carbocycles. The van der Waals surface area contributed by atoms with Crippen LogP contribution in [0, 0.1) is 10.1 Å². The lowest BCUT2D eigenvalue weighted by Gasteiger charge is -2.47. The van der Waals surface area contributed by atoms with E-state index in [0.717, 1.165) is 43.0 Å². The van der Waals surface area contributed by atoms with Crippen LogP contribution in [-0.2, 0) is 19.7 Å². The largest absolute Gasteiger partial charge is 0.494 e. The van der Waals surface area contributed by atoms with Crippen molar-refractivity contribution in [2.45, 2.75) is 50.7 Å². The number of carbonyl (C=O) groups is 2. The minimum Gasteiger partial charge on any atom is -0.494 e. The van der Waals surface area contributed by atoms with E-state index in [4.69, 9.17) is 18.9 Å². The molecule has 0 N–H and O–H groups in total. The first-order chi connectivity index (χ1) is 22.2. The van der Waals surface area contributed by atoms with Crippen molar-refractivity contribution in [1.29, 1.82) is 0 Å². The predicted octanol–water partition coefficient (Wildman–Crippen LogP) is 7.02. The molecule has 10 heteroatoms. The van der Waals surface area contributed by atoms with Gasteiger partial charge in [0.15, 0.2) is 0 Å². The lowest BCUT2D eigenvalue weighted by Crippen LogP contribution is -2.60. The molecular weight excluding hydrogens is 588 g/mol. The van der Waals surface area contributed by atoms with Gasteiger partial charge in [-0.15, -0.1) is 0 Å². The molecule has 2 heterocycles. The summed E-state index contributed by atoms with van der Waals surface area (Å²) in [5, 5.41) is 11.3. The Labute approximate surface area is 268 Å². The molecule has 0 amide bonds. The van der Waals surface area contributed by atoms with Crippen LogP contribution in [0.2, 0.25) is 0 Å².